The predicted molar refractivity (Wildman–Crippen MR) is 105 cm³/mol. The van der Waals surface area contributed by atoms with Crippen LogP contribution in [0.5, 0.6) is 0 Å². The number of sulfonamides is 1. The molecule has 8 nitrogen and oxygen atoms in total. The number of nitrogens with one attached hydrogen (secondary N) is 1. The summed E-state index contributed by atoms with van der Waals surface area (Å²) in [5.74, 6) is -0.233. The normalized spacial score (nSPS) is 15.0. The molecule has 3 aromatic rings. The zero-order valence-corrected chi connectivity index (χ0v) is 16.9. The smallest absolute Gasteiger partial charge is 0.322 e. The lowest BCUT2D eigenvalue weighted by Gasteiger charge is -2.15. The van der Waals surface area contributed by atoms with E-state index in [0.717, 1.165) is 12.8 Å². The Morgan fingerprint density at radius 3 is 2.46 bits per heavy atom. The largest absolute Gasteiger partial charge is 0.402 e. The quantitative estimate of drug-likeness (QED) is 0.653. The summed E-state index contributed by atoms with van der Waals surface area (Å²) < 4.78 is 32.5. The number of hydrogen-bond donors (Lipinski definition) is 1. The van der Waals surface area contributed by atoms with Crippen molar-refractivity contribution in [2.24, 2.45) is 0 Å². The van der Waals surface area contributed by atoms with E-state index in [4.69, 9.17) is 16.0 Å². The molecule has 0 radical (unpaired) electrons. The van der Waals surface area contributed by atoms with Crippen molar-refractivity contribution in [1.29, 1.82) is 0 Å². The van der Waals surface area contributed by atoms with E-state index in [9.17, 15) is 13.2 Å². The molecule has 146 valence electrons. The molecule has 1 N–H and O–H groups in total. The van der Waals surface area contributed by atoms with Gasteiger partial charge in [0.15, 0.2) is 0 Å². The Balaban J connectivity index is 1.46. The van der Waals surface area contributed by atoms with Crippen LogP contribution in [0.1, 0.15) is 23.2 Å². The SMILES string of the molecule is O=C(Nc1nnc(-c2ccc(Cl)s2)o1)c1ccc(S(=O)(=O)N2CCCC2)cc1. The number of anilines is 1. The molecule has 1 fully saturated rings. The topological polar surface area (TPSA) is 105 Å². The lowest BCUT2D eigenvalue weighted by molar-refractivity contribution is 0.102. The van der Waals surface area contributed by atoms with E-state index in [0.29, 0.717) is 22.3 Å². The fourth-order valence-electron chi connectivity index (χ4n) is 2.83. The molecule has 0 aliphatic carbocycles. The molecule has 3 heterocycles. The summed E-state index contributed by atoms with van der Waals surface area (Å²) in [7, 11) is -3.51. The molecule has 1 saturated heterocycles. The van der Waals surface area contributed by atoms with Gasteiger partial charge in [-0.25, -0.2) is 8.42 Å². The summed E-state index contributed by atoms with van der Waals surface area (Å²) in [6.07, 6.45) is 1.73. The van der Waals surface area contributed by atoms with Crippen molar-refractivity contribution in [3.8, 4) is 10.8 Å². The number of carbonyl (C=O) groups excluding carboxylic acids is 1. The fourth-order valence-corrected chi connectivity index (χ4v) is 5.31. The average molecular weight is 439 g/mol. The molecule has 1 aliphatic rings. The molecule has 0 spiro atoms. The second-order valence-electron chi connectivity index (χ2n) is 6.11. The number of thiophene rings is 1. The number of nitrogens with zero attached hydrogens (tertiary/aromatic N) is 3. The third-order valence-corrected chi connectivity index (χ3v) is 7.38. The van der Waals surface area contributed by atoms with Gasteiger partial charge in [-0.1, -0.05) is 16.7 Å². The van der Waals surface area contributed by atoms with Crippen LogP contribution in [0.25, 0.3) is 10.8 Å². The van der Waals surface area contributed by atoms with Crippen LogP contribution in [0.3, 0.4) is 0 Å². The van der Waals surface area contributed by atoms with Crippen LogP contribution in [0.15, 0.2) is 45.7 Å². The van der Waals surface area contributed by atoms with Crippen molar-refractivity contribution in [3.63, 3.8) is 0 Å². The van der Waals surface area contributed by atoms with Gasteiger partial charge in [0.05, 0.1) is 14.1 Å². The Labute approximate surface area is 170 Å². The molecule has 0 bridgehead atoms. The minimum absolute atomic E-state index is 0.0571. The zero-order valence-electron chi connectivity index (χ0n) is 14.5. The van der Waals surface area contributed by atoms with Gasteiger partial charge in [-0.2, -0.15) is 4.31 Å². The standard InChI is InChI=1S/C17H15ClN4O4S2/c18-14-8-7-13(27-14)16-20-21-17(26-16)19-15(23)11-3-5-12(6-4-11)28(24,25)22-9-1-2-10-22/h3-8H,1-2,9-10H2,(H,19,21,23). The number of hydrogen-bond acceptors (Lipinski definition) is 7. The first kappa shape index (κ1) is 19.1. The summed E-state index contributed by atoms with van der Waals surface area (Å²) in [6, 6.07) is 9.15. The van der Waals surface area contributed by atoms with Crippen molar-refractivity contribution in [2.75, 3.05) is 18.4 Å². The summed E-state index contributed by atoms with van der Waals surface area (Å²) in [5.41, 5.74) is 0.277. The molecule has 1 aromatic carbocycles. The highest BCUT2D eigenvalue weighted by molar-refractivity contribution is 7.89. The zero-order chi connectivity index (χ0) is 19.7. The van der Waals surface area contributed by atoms with Crippen LogP contribution in [0.4, 0.5) is 6.01 Å². The Bertz CT molecular complexity index is 1100. The second-order valence-corrected chi connectivity index (χ2v) is 9.76. The van der Waals surface area contributed by atoms with Gasteiger partial charge < -0.3 is 4.42 Å². The van der Waals surface area contributed by atoms with Gasteiger partial charge in [0.2, 0.25) is 10.0 Å². The maximum absolute atomic E-state index is 12.5. The van der Waals surface area contributed by atoms with Crippen LogP contribution in [0, 0.1) is 0 Å². The van der Waals surface area contributed by atoms with E-state index in [-0.39, 0.29) is 22.4 Å². The minimum Gasteiger partial charge on any atom is -0.402 e. The third kappa shape index (κ3) is 3.81. The summed E-state index contributed by atoms with van der Waals surface area (Å²) in [6.45, 7) is 1.05. The average Bonchev–Trinajstić information content (AvgIpc) is 3.43. The third-order valence-electron chi connectivity index (χ3n) is 4.25. The van der Waals surface area contributed by atoms with Crippen molar-refractivity contribution >= 4 is 44.9 Å². The Kier molecular flexibility index (Phi) is 5.19. The van der Waals surface area contributed by atoms with Gasteiger partial charge in [0.25, 0.3) is 11.8 Å². The van der Waals surface area contributed by atoms with Gasteiger partial charge in [0, 0.05) is 18.7 Å². The van der Waals surface area contributed by atoms with Gasteiger partial charge in [0.1, 0.15) is 0 Å². The van der Waals surface area contributed by atoms with Gasteiger partial charge in [-0.05, 0) is 49.2 Å². The molecule has 28 heavy (non-hydrogen) atoms. The summed E-state index contributed by atoms with van der Waals surface area (Å²) in [4.78, 5) is 13.2. The van der Waals surface area contributed by atoms with Crippen molar-refractivity contribution in [2.45, 2.75) is 17.7 Å². The molecular formula is C17H15ClN4O4S2. The first-order valence-corrected chi connectivity index (χ1v) is 11.1. The van der Waals surface area contributed by atoms with Crippen molar-refractivity contribution in [3.05, 3.63) is 46.3 Å². The lowest BCUT2D eigenvalue weighted by atomic mass is 10.2. The Hall–Kier alpha value is -2.27. The number of rotatable bonds is 5. The molecule has 0 unspecified atom stereocenters. The number of halogens is 1. The van der Waals surface area contributed by atoms with E-state index in [2.05, 4.69) is 15.5 Å². The number of aromatic nitrogens is 2. The van der Waals surface area contributed by atoms with E-state index in [1.165, 1.54) is 39.9 Å². The van der Waals surface area contributed by atoms with E-state index >= 15 is 0 Å². The van der Waals surface area contributed by atoms with Gasteiger partial charge >= 0.3 is 6.01 Å². The first-order chi connectivity index (χ1) is 13.4. The van der Waals surface area contributed by atoms with E-state index < -0.39 is 15.9 Å². The van der Waals surface area contributed by atoms with E-state index in [1.54, 1.807) is 12.1 Å². The maximum Gasteiger partial charge on any atom is 0.322 e. The molecule has 11 heteroatoms. The molecule has 0 atom stereocenters. The Morgan fingerprint density at radius 1 is 1.11 bits per heavy atom. The van der Waals surface area contributed by atoms with Crippen LogP contribution in [-0.4, -0.2) is 41.9 Å². The molecule has 1 amide bonds. The first-order valence-electron chi connectivity index (χ1n) is 8.44. The van der Waals surface area contributed by atoms with Gasteiger partial charge in [-0.3, -0.25) is 10.1 Å². The molecule has 2 aromatic heterocycles. The van der Waals surface area contributed by atoms with Crippen LogP contribution < -0.4 is 5.32 Å². The fraction of sp³-hybridized carbons (Fsp3) is 0.235. The molecule has 4 rings (SSSR count). The highest BCUT2D eigenvalue weighted by atomic mass is 35.5. The molecule has 0 saturated carbocycles. The van der Waals surface area contributed by atoms with Crippen LogP contribution in [0.2, 0.25) is 4.34 Å². The van der Waals surface area contributed by atoms with Crippen LogP contribution in [-0.2, 0) is 10.0 Å². The Morgan fingerprint density at radius 2 is 1.82 bits per heavy atom. The number of carbonyl (C=O) groups is 1. The maximum atomic E-state index is 12.5. The van der Waals surface area contributed by atoms with Gasteiger partial charge in [-0.15, -0.1) is 16.4 Å². The second kappa shape index (κ2) is 7.63. The van der Waals surface area contributed by atoms with Crippen molar-refractivity contribution < 1.29 is 17.6 Å². The number of amides is 1. The highest BCUT2D eigenvalue weighted by Gasteiger charge is 2.27. The highest BCUT2D eigenvalue weighted by Crippen LogP contribution is 2.30. The molecular weight excluding hydrogens is 424 g/mol. The molecule has 1 aliphatic heterocycles. The summed E-state index contributed by atoms with van der Waals surface area (Å²) >= 11 is 7.16. The number of benzene rings is 1. The van der Waals surface area contributed by atoms with Crippen molar-refractivity contribution in [1.82, 2.24) is 14.5 Å². The lowest BCUT2D eigenvalue weighted by Crippen LogP contribution is -2.27. The minimum atomic E-state index is -3.51. The monoisotopic (exact) mass is 438 g/mol. The van der Waals surface area contributed by atoms with Crippen LogP contribution >= 0.6 is 22.9 Å². The summed E-state index contributed by atoms with van der Waals surface area (Å²) in [5, 5.41) is 10.2. The van der Waals surface area contributed by atoms with E-state index in [1.807, 2.05) is 0 Å². The predicted octanol–water partition coefficient (Wildman–Crippen LogP) is 3.49.